The first-order valence-electron chi connectivity index (χ1n) is 9.70. The maximum Gasteiger partial charge on any atom is 0.251 e. The van der Waals surface area contributed by atoms with E-state index in [1.807, 2.05) is 55.7 Å². The zero-order chi connectivity index (χ0) is 22.4. The highest BCUT2D eigenvalue weighted by atomic mass is 35.5. The SMILES string of the molecule is CC(C)(C)NC(=O)CSc1nnc(CNC(=O)c2ccc(Cl)cc2)n1-c1ccccc1. The lowest BCUT2D eigenvalue weighted by Crippen LogP contribution is -2.41. The lowest BCUT2D eigenvalue weighted by molar-refractivity contribution is -0.119. The van der Waals surface area contributed by atoms with Crippen LogP contribution >= 0.6 is 23.4 Å². The molecule has 0 spiro atoms. The molecule has 9 heteroatoms. The van der Waals surface area contributed by atoms with Crippen molar-refractivity contribution in [3.8, 4) is 5.69 Å². The number of rotatable bonds is 7. The van der Waals surface area contributed by atoms with Crippen LogP contribution in [0.4, 0.5) is 0 Å². The van der Waals surface area contributed by atoms with E-state index >= 15 is 0 Å². The molecule has 162 valence electrons. The van der Waals surface area contributed by atoms with E-state index in [0.717, 1.165) is 5.69 Å². The normalized spacial score (nSPS) is 11.2. The predicted molar refractivity (Wildman–Crippen MR) is 123 cm³/mol. The van der Waals surface area contributed by atoms with E-state index < -0.39 is 0 Å². The van der Waals surface area contributed by atoms with Crippen LogP contribution in [0.1, 0.15) is 37.0 Å². The molecule has 31 heavy (non-hydrogen) atoms. The lowest BCUT2D eigenvalue weighted by Gasteiger charge is -2.20. The van der Waals surface area contributed by atoms with E-state index in [1.165, 1.54) is 11.8 Å². The molecule has 1 heterocycles. The van der Waals surface area contributed by atoms with Crippen LogP contribution in [0.15, 0.2) is 59.8 Å². The molecule has 0 aliphatic carbocycles. The number of aromatic nitrogens is 3. The first-order chi connectivity index (χ1) is 14.7. The van der Waals surface area contributed by atoms with E-state index in [4.69, 9.17) is 11.6 Å². The van der Waals surface area contributed by atoms with Crippen molar-refractivity contribution >= 4 is 35.2 Å². The molecule has 7 nitrogen and oxygen atoms in total. The first kappa shape index (κ1) is 22.8. The molecule has 0 radical (unpaired) electrons. The second-order valence-corrected chi connectivity index (χ2v) is 9.23. The summed E-state index contributed by atoms with van der Waals surface area (Å²) < 4.78 is 1.84. The van der Waals surface area contributed by atoms with Crippen molar-refractivity contribution in [3.05, 3.63) is 71.0 Å². The van der Waals surface area contributed by atoms with Crippen LogP contribution in [0.2, 0.25) is 5.02 Å². The summed E-state index contributed by atoms with van der Waals surface area (Å²) in [5.41, 5.74) is 1.05. The van der Waals surface area contributed by atoms with Gasteiger partial charge in [0.1, 0.15) is 0 Å². The molecule has 0 aliphatic rings. The number of carbonyl (C=O) groups excluding carboxylic acids is 2. The highest BCUT2D eigenvalue weighted by Crippen LogP contribution is 2.22. The molecule has 2 amide bonds. The van der Waals surface area contributed by atoms with E-state index in [2.05, 4.69) is 20.8 Å². The zero-order valence-electron chi connectivity index (χ0n) is 17.6. The fourth-order valence-corrected chi connectivity index (χ4v) is 3.69. The van der Waals surface area contributed by atoms with Gasteiger partial charge in [-0.15, -0.1) is 10.2 Å². The van der Waals surface area contributed by atoms with Crippen LogP contribution < -0.4 is 10.6 Å². The number of benzene rings is 2. The number of carbonyl (C=O) groups is 2. The van der Waals surface area contributed by atoms with Gasteiger partial charge in [-0.05, 0) is 57.2 Å². The number of hydrogen-bond acceptors (Lipinski definition) is 5. The highest BCUT2D eigenvalue weighted by molar-refractivity contribution is 7.99. The molecule has 0 atom stereocenters. The molecule has 0 aliphatic heterocycles. The Balaban J connectivity index is 1.76. The summed E-state index contributed by atoms with van der Waals surface area (Å²) in [5.74, 6) is 0.447. The summed E-state index contributed by atoms with van der Waals surface area (Å²) in [5, 5.41) is 15.4. The van der Waals surface area contributed by atoms with Crippen molar-refractivity contribution < 1.29 is 9.59 Å². The Morgan fingerprint density at radius 2 is 1.71 bits per heavy atom. The van der Waals surface area contributed by atoms with Gasteiger partial charge in [-0.25, -0.2) is 0 Å². The Morgan fingerprint density at radius 1 is 1.03 bits per heavy atom. The lowest BCUT2D eigenvalue weighted by atomic mass is 10.1. The molecule has 1 aromatic heterocycles. The molecular formula is C22H24ClN5O2S. The molecule has 2 N–H and O–H groups in total. The summed E-state index contributed by atoms with van der Waals surface area (Å²) in [4.78, 5) is 24.7. The monoisotopic (exact) mass is 457 g/mol. The standard InChI is InChI=1S/C22H24ClN5O2S/c1-22(2,3)25-19(29)14-31-21-27-26-18(28(21)17-7-5-4-6-8-17)13-24-20(30)15-9-11-16(23)12-10-15/h4-12H,13-14H2,1-3H3,(H,24,30)(H,25,29). The quantitative estimate of drug-likeness (QED) is 0.526. The van der Waals surface area contributed by atoms with Gasteiger partial charge in [0, 0.05) is 21.8 Å². The predicted octanol–water partition coefficient (Wildman–Crippen LogP) is 3.86. The van der Waals surface area contributed by atoms with Crippen molar-refractivity contribution in [1.82, 2.24) is 25.4 Å². The van der Waals surface area contributed by atoms with E-state index in [1.54, 1.807) is 24.3 Å². The van der Waals surface area contributed by atoms with E-state index in [-0.39, 0.29) is 29.7 Å². The molecule has 2 aromatic carbocycles. The Hall–Kier alpha value is -2.84. The Labute approximate surface area is 190 Å². The third-order valence-electron chi connectivity index (χ3n) is 4.08. The molecule has 3 rings (SSSR count). The highest BCUT2D eigenvalue weighted by Gasteiger charge is 2.19. The summed E-state index contributed by atoms with van der Waals surface area (Å²) in [7, 11) is 0. The minimum absolute atomic E-state index is 0.0855. The van der Waals surface area contributed by atoms with Gasteiger partial charge in [-0.1, -0.05) is 41.6 Å². The molecule has 0 bridgehead atoms. The third kappa shape index (κ3) is 6.57. The Morgan fingerprint density at radius 3 is 2.35 bits per heavy atom. The average molecular weight is 458 g/mol. The largest absolute Gasteiger partial charge is 0.351 e. The summed E-state index contributed by atoms with van der Waals surface area (Å²) in [6, 6.07) is 16.2. The van der Waals surface area contributed by atoms with Crippen LogP contribution in [0.3, 0.4) is 0 Å². The van der Waals surface area contributed by atoms with Crippen molar-refractivity contribution in [2.45, 2.75) is 38.0 Å². The van der Waals surface area contributed by atoms with Crippen molar-refractivity contribution in [3.63, 3.8) is 0 Å². The average Bonchev–Trinajstić information content (AvgIpc) is 3.13. The maximum atomic E-state index is 12.5. The maximum absolute atomic E-state index is 12.5. The molecule has 0 unspecified atom stereocenters. The summed E-state index contributed by atoms with van der Waals surface area (Å²) in [6.45, 7) is 5.98. The van der Waals surface area contributed by atoms with Gasteiger partial charge < -0.3 is 10.6 Å². The summed E-state index contributed by atoms with van der Waals surface area (Å²) >= 11 is 7.18. The fraction of sp³-hybridized carbons (Fsp3) is 0.273. The molecule has 3 aromatic rings. The second kappa shape index (κ2) is 9.98. The van der Waals surface area contributed by atoms with Crippen LogP contribution in [-0.4, -0.2) is 37.9 Å². The van der Waals surface area contributed by atoms with Gasteiger partial charge in [-0.3, -0.25) is 14.2 Å². The van der Waals surface area contributed by atoms with Crippen LogP contribution in [0, 0.1) is 0 Å². The second-order valence-electron chi connectivity index (χ2n) is 7.85. The molecule has 0 saturated carbocycles. The number of hydrogen-bond donors (Lipinski definition) is 2. The summed E-state index contributed by atoms with van der Waals surface area (Å²) in [6.07, 6.45) is 0. The van der Waals surface area contributed by atoms with Gasteiger partial charge >= 0.3 is 0 Å². The first-order valence-corrected chi connectivity index (χ1v) is 11.1. The third-order valence-corrected chi connectivity index (χ3v) is 5.26. The van der Waals surface area contributed by atoms with Gasteiger partial charge in [0.15, 0.2) is 11.0 Å². The fourth-order valence-electron chi connectivity index (χ4n) is 2.79. The number of halogens is 1. The van der Waals surface area contributed by atoms with E-state index in [9.17, 15) is 9.59 Å². The Bertz CT molecular complexity index is 1050. The molecule has 0 fully saturated rings. The molecule has 0 saturated heterocycles. The van der Waals surface area contributed by atoms with Gasteiger partial charge in [-0.2, -0.15) is 0 Å². The van der Waals surface area contributed by atoms with Crippen LogP contribution in [-0.2, 0) is 11.3 Å². The smallest absolute Gasteiger partial charge is 0.251 e. The number of nitrogens with zero attached hydrogens (tertiary/aromatic N) is 3. The number of nitrogens with one attached hydrogen (secondary N) is 2. The minimum atomic E-state index is -0.304. The van der Waals surface area contributed by atoms with Crippen LogP contribution in [0.5, 0.6) is 0 Å². The molecular weight excluding hydrogens is 434 g/mol. The zero-order valence-corrected chi connectivity index (χ0v) is 19.1. The number of para-hydroxylation sites is 1. The van der Waals surface area contributed by atoms with E-state index in [0.29, 0.717) is 21.6 Å². The Kier molecular flexibility index (Phi) is 7.35. The van der Waals surface area contributed by atoms with Crippen molar-refractivity contribution in [2.24, 2.45) is 0 Å². The number of thioether (sulfide) groups is 1. The topological polar surface area (TPSA) is 88.9 Å². The van der Waals surface area contributed by atoms with Crippen molar-refractivity contribution in [1.29, 1.82) is 0 Å². The van der Waals surface area contributed by atoms with Gasteiger partial charge in [0.25, 0.3) is 5.91 Å². The number of amides is 2. The van der Waals surface area contributed by atoms with Crippen LogP contribution in [0.25, 0.3) is 5.69 Å². The van der Waals surface area contributed by atoms with Crippen molar-refractivity contribution in [2.75, 3.05) is 5.75 Å². The minimum Gasteiger partial charge on any atom is -0.351 e. The van der Waals surface area contributed by atoms with Gasteiger partial charge in [0.05, 0.1) is 12.3 Å². The van der Waals surface area contributed by atoms with Gasteiger partial charge in [0.2, 0.25) is 5.91 Å².